The standard InChI is InChI=1S/C17H30O/c1-5-13(2)9-18-17-8-14-6-15(3,11-17)10-16(4,7-14)12-17/h13-14H,5-12H2,1-4H3. The Balaban J connectivity index is 1.76. The fourth-order valence-electron chi connectivity index (χ4n) is 5.94. The summed E-state index contributed by atoms with van der Waals surface area (Å²) in [4.78, 5) is 0. The molecule has 0 saturated heterocycles. The first-order valence-electron chi connectivity index (χ1n) is 8.00. The van der Waals surface area contributed by atoms with Crippen LogP contribution in [0.5, 0.6) is 0 Å². The largest absolute Gasteiger partial charge is 0.375 e. The second kappa shape index (κ2) is 3.98. The lowest BCUT2D eigenvalue weighted by Crippen LogP contribution is -2.59. The molecule has 3 unspecified atom stereocenters. The first-order valence-corrected chi connectivity index (χ1v) is 8.00. The summed E-state index contributed by atoms with van der Waals surface area (Å²) >= 11 is 0. The van der Waals surface area contributed by atoms with Crippen LogP contribution in [0, 0.1) is 22.7 Å². The third kappa shape index (κ3) is 2.13. The fourth-order valence-corrected chi connectivity index (χ4v) is 5.94. The Morgan fingerprint density at radius 3 is 2.17 bits per heavy atom. The van der Waals surface area contributed by atoms with Gasteiger partial charge in [0.1, 0.15) is 0 Å². The lowest BCUT2D eigenvalue weighted by atomic mass is 9.43. The molecule has 0 aromatic rings. The van der Waals surface area contributed by atoms with Gasteiger partial charge in [-0.2, -0.15) is 0 Å². The third-order valence-corrected chi connectivity index (χ3v) is 5.95. The lowest BCUT2D eigenvalue weighted by molar-refractivity contribution is -0.218. The van der Waals surface area contributed by atoms with Gasteiger partial charge in [-0.3, -0.25) is 0 Å². The molecule has 1 heteroatoms. The highest BCUT2D eigenvalue weighted by Gasteiger charge is 2.60. The average Bonchev–Trinajstić information content (AvgIpc) is 2.21. The number of hydrogen-bond acceptors (Lipinski definition) is 1. The summed E-state index contributed by atoms with van der Waals surface area (Å²) in [6, 6.07) is 0. The van der Waals surface area contributed by atoms with E-state index in [4.69, 9.17) is 4.74 Å². The van der Waals surface area contributed by atoms with E-state index in [2.05, 4.69) is 27.7 Å². The molecular formula is C17H30O. The van der Waals surface area contributed by atoms with Crippen LogP contribution in [0.1, 0.15) is 72.6 Å². The van der Waals surface area contributed by atoms with Gasteiger partial charge in [0.25, 0.3) is 0 Å². The van der Waals surface area contributed by atoms with Crippen molar-refractivity contribution in [1.82, 2.24) is 0 Å². The van der Waals surface area contributed by atoms with Crippen LogP contribution in [0.2, 0.25) is 0 Å². The predicted molar refractivity (Wildman–Crippen MR) is 75.5 cm³/mol. The second-order valence-electron chi connectivity index (χ2n) is 8.64. The normalized spacial score (nSPS) is 51.7. The van der Waals surface area contributed by atoms with Crippen LogP contribution in [-0.4, -0.2) is 12.2 Å². The molecule has 3 atom stereocenters. The van der Waals surface area contributed by atoms with Crippen LogP contribution in [0.15, 0.2) is 0 Å². The SMILES string of the molecule is CCC(C)COC12CC3CC(C)(CC(C)(C3)C1)C2. The maximum Gasteiger partial charge on any atom is 0.0695 e. The first kappa shape index (κ1) is 13.0. The predicted octanol–water partition coefficient (Wildman–Crippen LogP) is 4.80. The van der Waals surface area contributed by atoms with E-state index in [1.165, 1.54) is 44.9 Å². The zero-order valence-electron chi connectivity index (χ0n) is 12.7. The van der Waals surface area contributed by atoms with Crippen molar-refractivity contribution >= 4 is 0 Å². The van der Waals surface area contributed by atoms with Crippen LogP contribution in [0.3, 0.4) is 0 Å². The van der Waals surface area contributed by atoms with Gasteiger partial charge in [-0.15, -0.1) is 0 Å². The van der Waals surface area contributed by atoms with Crippen molar-refractivity contribution in [2.45, 2.75) is 78.2 Å². The molecule has 104 valence electrons. The van der Waals surface area contributed by atoms with Crippen LogP contribution in [0.4, 0.5) is 0 Å². The van der Waals surface area contributed by atoms with Crippen LogP contribution < -0.4 is 0 Å². The molecule has 4 rings (SSSR count). The molecule has 0 aliphatic heterocycles. The molecule has 0 aromatic heterocycles. The van der Waals surface area contributed by atoms with Crippen LogP contribution >= 0.6 is 0 Å². The minimum atomic E-state index is 0.256. The zero-order chi connectivity index (χ0) is 13.0. The maximum absolute atomic E-state index is 6.53. The monoisotopic (exact) mass is 250 g/mol. The Kier molecular flexibility index (Phi) is 2.86. The van der Waals surface area contributed by atoms with E-state index >= 15 is 0 Å². The van der Waals surface area contributed by atoms with Crippen molar-refractivity contribution in [3.8, 4) is 0 Å². The van der Waals surface area contributed by atoms with Crippen LogP contribution in [0.25, 0.3) is 0 Å². The zero-order valence-corrected chi connectivity index (χ0v) is 12.7. The summed E-state index contributed by atoms with van der Waals surface area (Å²) in [5.41, 5.74) is 1.43. The maximum atomic E-state index is 6.53. The van der Waals surface area contributed by atoms with Gasteiger partial charge in [-0.25, -0.2) is 0 Å². The molecule has 4 aliphatic rings. The molecular weight excluding hydrogens is 220 g/mol. The quantitative estimate of drug-likeness (QED) is 0.696. The molecule has 1 nitrogen and oxygen atoms in total. The summed E-state index contributed by atoms with van der Waals surface area (Å²) < 4.78 is 6.53. The highest BCUT2D eigenvalue weighted by Crippen LogP contribution is 2.67. The van der Waals surface area contributed by atoms with Crippen LogP contribution in [-0.2, 0) is 4.74 Å². The molecule has 0 radical (unpaired) electrons. The Hall–Kier alpha value is -0.0400. The minimum absolute atomic E-state index is 0.256. The third-order valence-electron chi connectivity index (χ3n) is 5.95. The number of hydrogen-bond donors (Lipinski definition) is 0. The smallest absolute Gasteiger partial charge is 0.0695 e. The molecule has 4 saturated carbocycles. The summed E-state index contributed by atoms with van der Waals surface area (Å²) in [6.07, 6.45) is 9.66. The lowest BCUT2D eigenvalue weighted by Gasteiger charge is -2.65. The van der Waals surface area contributed by atoms with Crippen molar-refractivity contribution in [2.75, 3.05) is 6.61 Å². The molecule has 0 aromatic carbocycles. The van der Waals surface area contributed by atoms with Crippen molar-refractivity contribution in [2.24, 2.45) is 22.7 Å². The highest BCUT2D eigenvalue weighted by molar-refractivity contribution is 5.11. The molecule has 0 spiro atoms. The fraction of sp³-hybridized carbons (Fsp3) is 1.00. The summed E-state index contributed by atoms with van der Waals surface area (Å²) in [7, 11) is 0. The Morgan fingerprint density at radius 1 is 1.06 bits per heavy atom. The first-order chi connectivity index (χ1) is 8.36. The van der Waals surface area contributed by atoms with E-state index in [-0.39, 0.29) is 5.60 Å². The highest BCUT2D eigenvalue weighted by atomic mass is 16.5. The van der Waals surface area contributed by atoms with E-state index in [1.807, 2.05) is 0 Å². The molecule has 0 N–H and O–H groups in total. The molecule has 4 aliphatic carbocycles. The van der Waals surface area contributed by atoms with Gasteiger partial charge in [0.05, 0.1) is 5.60 Å². The summed E-state index contributed by atoms with van der Waals surface area (Å²) in [5, 5.41) is 0. The van der Waals surface area contributed by atoms with Crippen molar-refractivity contribution in [1.29, 1.82) is 0 Å². The topological polar surface area (TPSA) is 9.23 Å². The van der Waals surface area contributed by atoms with Crippen molar-refractivity contribution in [3.05, 3.63) is 0 Å². The van der Waals surface area contributed by atoms with Gasteiger partial charge in [-0.1, -0.05) is 34.1 Å². The van der Waals surface area contributed by atoms with E-state index in [9.17, 15) is 0 Å². The Morgan fingerprint density at radius 2 is 1.67 bits per heavy atom. The van der Waals surface area contributed by atoms with E-state index < -0.39 is 0 Å². The van der Waals surface area contributed by atoms with Gasteiger partial charge in [0.15, 0.2) is 0 Å². The Bertz CT molecular complexity index is 317. The van der Waals surface area contributed by atoms with Gasteiger partial charge in [0, 0.05) is 6.61 Å². The number of rotatable bonds is 4. The van der Waals surface area contributed by atoms with Crippen molar-refractivity contribution < 1.29 is 4.74 Å². The van der Waals surface area contributed by atoms with E-state index in [0.717, 1.165) is 18.4 Å². The minimum Gasteiger partial charge on any atom is -0.375 e. The Labute approximate surface area is 113 Å². The molecule has 4 fully saturated rings. The van der Waals surface area contributed by atoms with Gasteiger partial charge >= 0.3 is 0 Å². The van der Waals surface area contributed by atoms with E-state index in [0.29, 0.717) is 10.8 Å². The van der Waals surface area contributed by atoms with Gasteiger partial charge < -0.3 is 4.74 Å². The molecule has 0 heterocycles. The molecule has 18 heavy (non-hydrogen) atoms. The molecule has 0 amide bonds. The summed E-state index contributed by atoms with van der Waals surface area (Å²) in [6.45, 7) is 10.6. The molecule has 4 bridgehead atoms. The average molecular weight is 250 g/mol. The number of ether oxygens (including phenoxy) is 1. The van der Waals surface area contributed by atoms with Gasteiger partial charge in [0.2, 0.25) is 0 Å². The van der Waals surface area contributed by atoms with E-state index in [1.54, 1.807) is 0 Å². The van der Waals surface area contributed by atoms with Gasteiger partial charge in [-0.05, 0) is 61.2 Å². The van der Waals surface area contributed by atoms with Crippen molar-refractivity contribution in [3.63, 3.8) is 0 Å². The summed E-state index contributed by atoms with van der Waals surface area (Å²) in [5.74, 6) is 1.67. The second-order valence-corrected chi connectivity index (χ2v) is 8.64.